The van der Waals surface area contributed by atoms with Crippen molar-refractivity contribution in [3.63, 3.8) is 0 Å². The van der Waals surface area contributed by atoms with Crippen molar-refractivity contribution in [1.29, 1.82) is 0 Å². The largest absolute Gasteiger partial charge is 0.481 e. The van der Waals surface area contributed by atoms with Crippen LogP contribution in [0.25, 0.3) is 0 Å². The molecule has 2 unspecified atom stereocenters. The van der Waals surface area contributed by atoms with E-state index in [-0.39, 0.29) is 22.4 Å². The Labute approximate surface area is 127 Å². The van der Waals surface area contributed by atoms with Crippen molar-refractivity contribution in [3.05, 3.63) is 11.3 Å². The summed E-state index contributed by atoms with van der Waals surface area (Å²) in [5.74, 6) is -3.86. The second-order valence-corrected chi connectivity index (χ2v) is 6.75. The van der Waals surface area contributed by atoms with E-state index in [1.165, 1.54) is 0 Å². The average molecular weight is 314 g/mol. The van der Waals surface area contributed by atoms with Crippen LogP contribution < -0.4 is 0 Å². The van der Waals surface area contributed by atoms with Crippen LogP contribution >= 0.6 is 0 Å². The minimum atomic E-state index is -1.06. The summed E-state index contributed by atoms with van der Waals surface area (Å²) in [5.41, 5.74) is -0.736. The molecule has 1 rings (SSSR count). The molecule has 0 aromatic carbocycles. The number of carboxylic acid groups (broad SMARTS) is 2. The molecule has 0 fully saturated rings. The van der Waals surface area contributed by atoms with Gasteiger partial charge in [0.25, 0.3) is 0 Å². The molecular formula is C14H22O6Si. The van der Waals surface area contributed by atoms with Crippen molar-refractivity contribution in [3.8, 4) is 0 Å². The molecule has 0 aromatic rings. The van der Waals surface area contributed by atoms with Gasteiger partial charge in [0.1, 0.15) is 0 Å². The lowest BCUT2D eigenvalue weighted by Gasteiger charge is -2.33. The first-order valence-corrected chi connectivity index (χ1v) is 7.92. The molecular weight excluding hydrogens is 292 g/mol. The Balaban J connectivity index is 2.89. The van der Waals surface area contributed by atoms with Crippen LogP contribution in [-0.4, -0.2) is 51.3 Å². The molecule has 0 spiro atoms. The zero-order valence-electron chi connectivity index (χ0n) is 12.6. The molecule has 0 saturated carbocycles. The van der Waals surface area contributed by atoms with Gasteiger partial charge in [-0.1, -0.05) is 24.6 Å². The van der Waals surface area contributed by atoms with Crippen LogP contribution in [0.2, 0.25) is 0 Å². The molecule has 0 aromatic heterocycles. The number of methoxy groups -OCH3 is 2. The highest BCUT2D eigenvalue weighted by Crippen LogP contribution is 2.32. The van der Waals surface area contributed by atoms with Gasteiger partial charge in [0.05, 0.1) is 11.8 Å². The number of ether oxygens (including phenoxy) is 2. The maximum Gasteiger partial charge on any atom is 0.307 e. The summed E-state index contributed by atoms with van der Waals surface area (Å²) in [6, 6.07) is 0. The predicted octanol–water partition coefficient (Wildman–Crippen LogP) is 1.52. The van der Waals surface area contributed by atoms with Crippen LogP contribution in [0.4, 0.5) is 0 Å². The Kier molecular flexibility index (Phi) is 6.57. The van der Waals surface area contributed by atoms with Gasteiger partial charge in [-0.25, -0.2) is 0 Å². The van der Waals surface area contributed by atoms with E-state index < -0.39 is 29.2 Å². The smallest absolute Gasteiger partial charge is 0.307 e. The molecule has 2 atom stereocenters. The second kappa shape index (κ2) is 7.72. The summed E-state index contributed by atoms with van der Waals surface area (Å²) in [4.78, 5) is 22.4. The maximum absolute atomic E-state index is 11.3. The third kappa shape index (κ3) is 4.39. The molecule has 6 nitrogen and oxygen atoms in total. The number of carboxylic acids is 2. The molecule has 1 aliphatic rings. The average Bonchev–Trinajstić information content (AvgIpc) is 2.46. The molecule has 0 bridgehead atoms. The molecule has 118 valence electrons. The van der Waals surface area contributed by atoms with Crippen molar-refractivity contribution < 1.29 is 29.3 Å². The van der Waals surface area contributed by atoms with E-state index in [9.17, 15) is 14.7 Å². The van der Waals surface area contributed by atoms with Crippen LogP contribution in [0.3, 0.4) is 0 Å². The van der Waals surface area contributed by atoms with Gasteiger partial charge in [-0.05, 0) is 19.3 Å². The Hall–Kier alpha value is -1.18. The number of aliphatic carboxylic acids is 2. The molecule has 2 N–H and O–H groups in total. The molecule has 0 heterocycles. The minimum absolute atomic E-state index is 0.172. The number of hydrogen-bond acceptors (Lipinski definition) is 4. The third-order valence-electron chi connectivity index (χ3n) is 3.77. The standard InChI is InChI=1S/C14H22O6Si/c1-4-7-14(19-2,20-3)21-9-5-6-10(12(15)16)11(8-9)13(17)18/h5,10-11H,4,6-8H2,1-3H3,(H,15,16)(H,17,18). The number of carbonyl (C=O) groups is 2. The van der Waals surface area contributed by atoms with Crippen LogP contribution in [0.15, 0.2) is 11.3 Å². The monoisotopic (exact) mass is 314 g/mol. The van der Waals surface area contributed by atoms with Gasteiger partial charge in [0.2, 0.25) is 0 Å². The van der Waals surface area contributed by atoms with E-state index in [1.54, 1.807) is 14.2 Å². The second-order valence-electron chi connectivity index (χ2n) is 5.09. The predicted molar refractivity (Wildman–Crippen MR) is 77.0 cm³/mol. The van der Waals surface area contributed by atoms with E-state index in [1.807, 2.05) is 13.0 Å². The van der Waals surface area contributed by atoms with E-state index in [0.717, 1.165) is 11.6 Å². The van der Waals surface area contributed by atoms with Crippen molar-refractivity contribution in [1.82, 2.24) is 0 Å². The number of rotatable bonds is 8. The van der Waals surface area contributed by atoms with Crippen molar-refractivity contribution in [2.45, 2.75) is 38.0 Å². The summed E-state index contributed by atoms with van der Waals surface area (Å²) < 4.78 is 11.0. The Morgan fingerprint density at radius 2 is 1.86 bits per heavy atom. The van der Waals surface area contributed by atoms with Gasteiger partial charge >= 0.3 is 11.9 Å². The fourth-order valence-electron chi connectivity index (χ4n) is 2.56. The number of hydrogen-bond donors (Lipinski definition) is 2. The third-order valence-corrected chi connectivity index (χ3v) is 5.54. The Morgan fingerprint density at radius 1 is 1.29 bits per heavy atom. The Morgan fingerprint density at radius 3 is 2.29 bits per heavy atom. The van der Waals surface area contributed by atoms with E-state index in [0.29, 0.717) is 6.42 Å². The highest BCUT2D eigenvalue weighted by molar-refractivity contribution is 6.48. The first-order valence-electron chi connectivity index (χ1n) is 6.92. The fourth-order valence-corrected chi connectivity index (χ4v) is 4.17. The van der Waals surface area contributed by atoms with E-state index in [4.69, 9.17) is 14.6 Å². The summed E-state index contributed by atoms with van der Waals surface area (Å²) in [7, 11) is 3.32. The summed E-state index contributed by atoms with van der Waals surface area (Å²) in [5, 5.41) is 19.3. The summed E-state index contributed by atoms with van der Waals surface area (Å²) >= 11 is 0. The number of allylic oxidation sites excluding steroid dienone is 2. The first-order chi connectivity index (χ1) is 9.89. The highest BCUT2D eigenvalue weighted by Gasteiger charge is 2.39. The van der Waals surface area contributed by atoms with Crippen LogP contribution in [0, 0.1) is 11.8 Å². The summed E-state index contributed by atoms with van der Waals surface area (Å²) in [6.45, 7) is 2.02. The van der Waals surface area contributed by atoms with Gasteiger partial charge < -0.3 is 19.7 Å². The van der Waals surface area contributed by atoms with E-state index >= 15 is 0 Å². The lowest BCUT2D eigenvalue weighted by molar-refractivity contribution is -0.154. The lowest BCUT2D eigenvalue weighted by Crippen LogP contribution is -2.43. The molecule has 7 heteroatoms. The van der Waals surface area contributed by atoms with Crippen LogP contribution in [0.1, 0.15) is 32.6 Å². The first kappa shape index (κ1) is 17.9. The van der Waals surface area contributed by atoms with E-state index in [2.05, 4.69) is 0 Å². The molecule has 1 aliphatic carbocycles. The van der Waals surface area contributed by atoms with Crippen molar-refractivity contribution >= 4 is 21.5 Å². The topological polar surface area (TPSA) is 93.1 Å². The van der Waals surface area contributed by atoms with Crippen molar-refractivity contribution in [2.75, 3.05) is 14.2 Å². The minimum Gasteiger partial charge on any atom is -0.481 e. The fraction of sp³-hybridized carbons (Fsp3) is 0.714. The molecule has 0 aliphatic heterocycles. The lowest BCUT2D eigenvalue weighted by atomic mass is 9.83. The van der Waals surface area contributed by atoms with Gasteiger partial charge in [-0.2, -0.15) is 0 Å². The van der Waals surface area contributed by atoms with Gasteiger partial charge in [0, 0.05) is 14.2 Å². The van der Waals surface area contributed by atoms with Gasteiger partial charge in [-0.3, -0.25) is 9.59 Å². The SMILES string of the molecule is CCCC(OC)(OC)[Si]C1=CCC(C(=O)O)C(C(=O)O)C1. The van der Waals surface area contributed by atoms with Crippen molar-refractivity contribution in [2.24, 2.45) is 11.8 Å². The molecule has 21 heavy (non-hydrogen) atoms. The molecule has 0 amide bonds. The maximum atomic E-state index is 11.3. The zero-order valence-corrected chi connectivity index (χ0v) is 13.6. The summed E-state index contributed by atoms with van der Waals surface area (Å²) in [6.07, 6.45) is 3.89. The molecule has 0 saturated heterocycles. The van der Waals surface area contributed by atoms with Gasteiger partial charge in [0.15, 0.2) is 14.9 Å². The van der Waals surface area contributed by atoms with Crippen LogP contribution in [-0.2, 0) is 19.1 Å². The quantitative estimate of drug-likeness (QED) is 0.521. The Bertz CT molecular complexity index is 416. The normalized spacial score (nSPS) is 22.7. The van der Waals surface area contributed by atoms with Crippen LogP contribution in [0.5, 0.6) is 0 Å². The molecule has 2 radical (unpaired) electrons. The zero-order chi connectivity index (χ0) is 16.0. The highest BCUT2D eigenvalue weighted by atomic mass is 28.2. The van der Waals surface area contributed by atoms with Gasteiger partial charge in [-0.15, -0.1) is 0 Å².